The molecule has 13 heavy (non-hydrogen) atoms. The average Bonchev–Trinajstić information content (AvgIpc) is 2.04. The molecule has 1 rings (SSSR count). The van der Waals surface area contributed by atoms with E-state index in [9.17, 15) is 4.21 Å². The summed E-state index contributed by atoms with van der Waals surface area (Å²) >= 11 is 11.3. The van der Waals surface area contributed by atoms with Crippen molar-refractivity contribution in [3.63, 3.8) is 0 Å². The fourth-order valence-corrected chi connectivity index (χ4v) is 2.17. The van der Waals surface area contributed by atoms with E-state index in [0.29, 0.717) is 9.92 Å². The highest BCUT2D eigenvalue weighted by Gasteiger charge is 2.15. The first-order valence-electron chi connectivity index (χ1n) is 3.62. The standard InChI is InChI=1S/C8H9Cl2NOS/c1-6(9)13(11,12)8-4-2-7(10)3-5-8/h2-6,11H,1H3. The molecule has 1 aromatic rings. The molecule has 1 aromatic carbocycles. The summed E-state index contributed by atoms with van der Waals surface area (Å²) in [6.45, 7) is 1.55. The molecule has 5 heteroatoms. The van der Waals surface area contributed by atoms with E-state index >= 15 is 0 Å². The third-order valence-electron chi connectivity index (χ3n) is 1.62. The van der Waals surface area contributed by atoms with Crippen LogP contribution in [0.25, 0.3) is 0 Å². The van der Waals surface area contributed by atoms with Gasteiger partial charge >= 0.3 is 0 Å². The van der Waals surface area contributed by atoms with Gasteiger partial charge in [-0.05, 0) is 31.2 Å². The maximum atomic E-state index is 11.7. The molecule has 2 nitrogen and oxygen atoms in total. The fraction of sp³-hybridized carbons (Fsp3) is 0.250. The Morgan fingerprint density at radius 1 is 1.38 bits per heavy atom. The van der Waals surface area contributed by atoms with Gasteiger partial charge in [-0.1, -0.05) is 11.6 Å². The molecule has 0 fully saturated rings. The smallest absolute Gasteiger partial charge is 0.118 e. The van der Waals surface area contributed by atoms with Crippen molar-refractivity contribution in [2.24, 2.45) is 0 Å². The molecule has 0 saturated carbocycles. The highest BCUT2D eigenvalue weighted by Crippen LogP contribution is 2.20. The second-order valence-corrected chi connectivity index (χ2v) is 6.33. The molecule has 0 aromatic heterocycles. The van der Waals surface area contributed by atoms with Crippen LogP contribution < -0.4 is 0 Å². The van der Waals surface area contributed by atoms with Crippen LogP contribution in [0.15, 0.2) is 29.2 Å². The monoisotopic (exact) mass is 237 g/mol. The van der Waals surface area contributed by atoms with Gasteiger partial charge < -0.3 is 0 Å². The number of nitrogens with one attached hydrogen (secondary N) is 1. The SMILES string of the molecule is CC(Cl)S(=N)(=O)c1ccc(Cl)cc1. The molecule has 0 radical (unpaired) electrons. The molecule has 0 amide bonds. The van der Waals surface area contributed by atoms with Crippen molar-refractivity contribution in [1.82, 2.24) is 0 Å². The summed E-state index contributed by atoms with van der Waals surface area (Å²) in [5, 5.41) is 0.557. The van der Waals surface area contributed by atoms with E-state index in [2.05, 4.69) is 0 Å². The van der Waals surface area contributed by atoms with Crippen molar-refractivity contribution in [3.8, 4) is 0 Å². The van der Waals surface area contributed by atoms with Gasteiger partial charge in [0, 0.05) is 9.92 Å². The molecular formula is C8H9Cl2NOS. The molecule has 2 unspecified atom stereocenters. The molecule has 2 atom stereocenters. The van der Waals surface area contributed by atoms with Gasteiger partial charge in [-0.25, -0.2) is 8.99 Å². The Kier molecular flexibility index (Phi) is 3.22. The van der Waals surface area contributed by atoms with Crippen LogP contribution in [0.3, 0.4) is 0 Å². The molecular weight excluding hydrogens is 229 g/mol. The van der Waals surface area contributed by atoms with E-state index < -0.39 is 14.4 Å². The lowest BCUT2D eigenvalue weighted by Gasteiger charge is -2.08. The Balaban J connectivity index is 3.17. The third-order valence-corrected chi connectivity index (χ3v) is 4.51. The molecule has 0 aliphatic carbocycles. The number of benzene rings is 1. The van der Waals surface area contributed by atoms with Crippen molar-refractivity contribution in [1.29, 1.82) is 4.78 Å². The van der Waals surface area contributed by atoms with Crippen LogP contribution in [0.4, 0.5) is 0 Å². The molecule has 0 aliphatic rings. The summed E-state index contributed by atoms with van der Waals surface area (Å²) in [5.41, 5.74) is 0. The van der Waals surface area contributed by atoms with Gasteiger partial charge in [0.25, 0.3) is 0 Å². The predicted molar refractivity (Wildman–Crippen MR) is 55.9 cm³/mol. The molecule has 72 valence electrons. The summed E-state index contributed by atoms with van der Waals surface area (Å²) in [7, 11) is -2.89. The van der Waals surface area contributed by atoms with E-state index in [-0.39, 0.29) is 0 Å². The zero-order chi connectivity index (χ0) is 10.1. The zero-order valence-electron chi connectivity index (χ0n) is 6.96. The van der Waals surface area contributed by atoms with E-state index in [4.69, 9.17) is 28.0 Å². The van der Waals surface area contributed by atoms with Crippen molar-refractivity contribution < 1.29 is 4.21 Å². The Bertz CT molecular complexity index is 383. The van der Waals surface area contributed by atoms with Crippen molar-refractivity contribution in [2.45, 2.75) is 16.5 Å². The van der Waals surface area contributed by atoms with Gasteiger partial charge in [0.15, 0.2) is 0 Å². The summed E-state index contributed by atoms with van der Waals surface area (Å²) in [6.07, 6.45) is 0. The number of hydrogen-bond donors (Lipinski definition) is 1. The molecule has 0 aliphatic heterocycles. The van der Waals surface area contributed by atoms with Gasteiger partial charge in [-0.3, -0.25) is 0 Å². The maximum absolute atomic E-state index is 11.7. The number of hydrogen-bond acceptors (Lipinski definition) is 2. The first-order valence-corrected chi connectivity index (χ1v) is 6.05. The van der Waals surface area contributed by atoms with Crippen LogP contribution in [0, 0.1) is 4.78 Å². The molecule has 0 heterocycles. The van der Waals surface area contributed by atoms with Gasteiger partial charge in [-0.2, -0.15) is 0 Å². The highest BCUT2D eigenvalue weighted by atomic mass is 35.5. The largest absolute Gasteiger partial charge is 0.248 e. The maximum Gasteiger partial charge on any atom is 0.118 e. The number of rotatable bonds is 2. The molecule has 0 spiro atoms. The van der Waals surface area contributed by atoms with Crippen molar-refractivity contribution in [3.05, 3.63) is 29.3 Å². The lowest BCUT2D eigenvalue weighted by molar-refractivity contribution is 0.673. The van der Waals surface area contributed by atoms with E-state index in [1.807, 2.05) is 0 Å². The first-order chi connectivity index (χ1) is 5.94. The first kappa shape index (κ1) is 10.8. The minimum absolute atomic E-state index is 0.416. The second kappa shape index (κ2) is 3.86. The average molecular weight is 238 g/mol. The predicted octanol–water partition coefficient (Wildman–Crippen LogP) is 3.33. The van der Waals surface area contributed by atoms with Gasteiger partial charge in [-0.15, -0.1) is 11.6 Å². The Morgan fingerprint density at radius 2 is 1.85 bits per heavy atom. The highest BCUT2D eigenvalue weighted by molar-refractivity contribution is 7.94. The van der Waals surface area contributed by atoms with Crippen LogP contribution >= 0.6 is 23.2 Å². The molecule has 1 N–H and O–H groups in total. The van der Waals surface area contributed by atoms with Crippen LogP contribution in [0.5, 0.6) is 0 Å². The second-order valence-electron chi connectivity index (χ2n) is 2.60. The lowest BCUT2D eigenvalue weighted by Crippen LogP contribution is -2.09. The molecule has 0 saturated heterocycles. The van der Waals surface area contributed by atoms with Crippen LogP contribution in [-0.4, -0.2) is 8.92 Å². The lowest BCUT2D eigenvalue weighted by atomic mass is 10.4. The Labute approximate surface area is 87.8 Å². The fourth-order valence-electron chi connectivity index (χ4n) is 0.824. The van der Waals surface area contributed by atoms with Gasteiger partial charge in [0.2, 0.25) is 0 Å². The summed E-state index contributed by atoms with van der Waals surface area (Å²) in [5.74, 6) is 0. The molecule has 0 bridgehead atoms. The summed E-state index contributed by atoms with van der Waals surface area (Å²) < 4.78 is 18.5. The van der Waals surface area contributed by atoms with E-state index in [1.54, 1.807) is 31.2 Å². The number of alkyl halides is 1. The normalized spacial score (nSPS) is 17.8. The van der Waals surface area contributed by atoms with Crippen molar-refractivity contribution in [2.75, 3.05) is 0 Å². The minimum atomic E-state index is -2.89. The number of halogens is 2. The van der Waals surface area contributed by atoms with E-state index in [0.717, 1.165) is 0 Å². The Morgan fingerprint density at radius 3 is 2.23 bits per heavy atom. The van der Waals surface area contributed by atoms with Crippen LogP contribution in [0.1, 0.15) is 6.92 Å². The minimum Gasteiger partial charge on any atom is -0.248 e. The topological polar surface area (TPSA) is 40.9 Å². The summed E-state index contributed by atoms with van der Waals surface area (Å²) in [6, 6.07) is 6.34. The van der Waals surface area contributed by atoms with Gasteiger partial charge in [0.05, 0.1) is 9.73 Å². The van der Waals surface area contributed by atoms with Crippen molar-refractivity contribution >= 4 is 32.9 Å². The zero-order valence-corrected chi connectivity index (χ0v) is 9.29. The third kappa shape index (κ3) is 2.36. The van der Waals surface area contributed by atoms with E-state index in [1.165, 1.54) is 0 Å². The summed E-state index contributed by atoms with van der Waals surface area (Å²) in [4.78, 5) is 0.416. The van der Waals surface area contributed by atoms with Crippen LogP contribution in [-0.2, 0) is 9.73 Å². The van der Waals surface area contributed by atoms with Crippen LogP contribution in [0.2, 0.25) is 5.02 Å². The van der Waals surface area contributed by atoms with Gasteiger partial charge in [0.1, 0.15) is 4.71 Å². The quantitative estimate of drug-likeness (QED) is 0.789. The Hall–Kier alpha value is -0.250.